The summed E-state index contributed by atoms with van der Waals surface area (Å²) in [5.41, 5.74) is 5.60. The number of carbonyl (C=O) groups is 2. The number of amides is 2. The van der Waals surface area contributed by atoms with Crippen molar-refractivity contribution in [3.05, 3.63) is 0 Å². The molecule has 0 bridgehead atoms. The van der Waals surface area contributed by atoms with Crippen LogP contribution in [0.3, 0.4) is 0 Å². The van der Waals surface area contributed by atoms with E-state index in [1.54, 1.807) is 0 Å². The van der Waals surface area contributed by atoms with Gasteiger partial charge in [0.05, 0.1) is 12.6 Å². The van der Waals surface area contributed by atoms with Crippen LogP contribution in [0.1, 0.15) is 19.8 Å². The van der Waals surface area contributed by atoms with Gasteiger partial charge in [-0.05, 0) is 19.8 Å². The van der Waals surface area contributed by atoms with Gasteiger partial charge < -0.3 is 16.0 Å². The second kappa shape index (κ2) is 4.95. The van der Waals surface area contributed by atoms with Crippen LogP contribution in [-0.4, -0.2) is 42.4 Å². The lowest BCUT2D eigenvalue weighted by molar-refractivity contribution is -0.139. The average molecular weight is 199 g/mol. The molecule has 80 valence electrons. The maximum absolute atomic E-state index is 11.5. The molecule has 5 heteroatoms. The highest BCUT2D eigenvalue weighted by Gasteiger charge is 2.26. The third-order valence-corrected chi connectivity index (χ3v) is 2.28. The van der Waals surface area contributed by atoms with Crippen molar-refractivity contribution in [3.63, 3.8) is 0 Å². The minimum Gasteiger partial charge on any atom is -0.355 e. The summed E-state index contributed by atoms with van der Waals surface area (Å²) in [5.74, 6) is -0.225. The van der Waals surface area contributed by atoms with Crippen LogP contribution in [0.2, 0.25) is 0 Å². The van der Waals surface area contributed by atoms with Gasteiger partial charge in [-0.1, -0.05) is 0 Å². The summed E-state index contributed by atoms with van der Waals surface area (Å²) >= 11 is 0. The Morgan fingerprint density at radius 2 is 2.43 bits per heavy atom. The molecule has 2 amide bonds. The van der Waals surface area contributed by atoms with Crippen LogP contribution < -0.4 is 11.1 Å². The van der Waals surface area contributed by atoms with Crippen molar-refractivity contribution in [3.8, 4) is 0 Å². The Morgan fingerprint density at radius 1 is 1.71 bits per heavy atom. The summed E-state index contributed by atoms with van der Waals surface area (Å²) in [7, 11) is 0. The number of likely N-dealkylation sites (tertiary alicyclic amines) is 1. The monoisotopic (exact) mass is 199 g/mol. The van der Waals surface area contributed by atoms with Gasteiger partial charge in [-0.25, -0.2) is 0 Å². The quantitative estimate of drug-likeness (QED) is 0.616. The van der Waals surface area contributed by atoms with Gasteiger partial charge in [0.15, 0.2) is 0 Å². The number of nitrogens with one attached hydrogen (secondary N) is 1. The molecule has 1 aliphatic rings. The molecule has 0 radical (unpaired) electrons. The highest BCUT2D eigenvalue weighted by Crippen LogP contribution is 2.08. The molecule has 1 atom stereocenters. The number of hydrogen-bond donors (Lipinski definition) is 2. The second-order valence-electron chi connectivity index (χ2n) is 3.46. The zero-order chi connectivity index (χ0) is 10.6. The maximum Gasteiger partial charge on any atom is 0.239 e. The van der Waals surface area contributed by atoms with Gasteiger partial charge >= 0.3 is 0 Å². The molecule has 0 spiro atoms. The lowest BCUT2D eigenvalue weighted by Gasteiger charge is -2.29. The SMILES string of the molecule is CCNC(=O)CN1CCC[C@H](N)C1=O. The molecule has 14 heavy (non-hydrogen) atoms. The van der Waals surface area contributed by atoms with Gasteiger partial charge in [-0.15, -0.1) is 0 Å². The van der Waals surface area contributed by atoms with E-state index in [2.05, 4.69) is 5.32 Å². The molecule has 3 N–H and O–H groups in total. The van der Waals surface area contributed by atoms with E-state index < -0.39 is 6.04 Å². The Bertz CT molecular complexity index is 230. The Morgan fingerprint density at radius 3 is 3.07 bits per heavy atom. The van der Waals surface area contributed by atoms with Crippen molar-refractivity contribution >= 4 is 11.8 Å². The zero-order valence-corrected chi connectivity index (χ0v) is 8.45. The largest absolute Gasteiger partial charge is 0.355 e. The third kappa shape index (κ3) is 2.70. The van der Waals surface area contributed by atoms with Gasteiger partial charge in [-0.3, -0.25) is 9.59 Å². The fourth-order valence-corrected chi connectivity index (χ4v) is 1.55. The molecule has 0 unspecified atom stereocenters. The highest BCUT2D eigenvalue weighted by atomic mass is 16.2. The summed E-state index contributed by atoms with van der Waals surface area (Å²) in [4.78, 5) is 24.2. The molecule has 0 saturated carbocycles. The van der Waals surface area contributed by atoms with Crippen molar-refractivity contribution < 1.29 is 9.59 Å². The van der Waals surface area contributed by atoms with E-state index in [1.165, 1.54) is 4.90 Å². The van der Waals surface area contributed by atoms with Crippen molar-refractivity contribution in [1.29, 1.82) is 0 Å². The van der Waals surface area contributed by atoms with E-state index in [4.69, 9.17) is 5.73 Å². The van der Waals surface area contributed by atoms with Crippen LogP contribution in [0.15, 0.2) is 0 Å². The predicted octanol–water partition coefficient (Wildman–Crippen LogP) is -0.928. The number of nitrogens with two attached hydrogens (primary N) is 1. The molecule has 1 heterocycles. The van der Waals surface area contributed by atoms with Crippen molar-refractivity contribution in [1.82, 2.24) is 10.2 Å². The van der Waals surface area contributed by atoms with Crippen molar-refractivity contribution in [2.45, 2.75) is 25.8 Å². The van der Waals surface area contributed by atoms with E-state index in [1.807, 2.05) is 6.92 Å². The minimum atomic E-state index is -0.418. The summed E-state index contributed by atoms with van der Waals surface area (Å²) in [6.45, 7) is 3.22. The fraction of sp³-hybridized carbons (Fsp3) is 0.778. The molecule has 1 saturated heterocycles. The van der Waals surface area contributed by atoms with Gasteiger partial charge in [0.1, 0.15) is 0 Å². The summed E-state index contributed by atoms with van der Waals surface area (Å²) in [5, 5.41) is 2.65. The zero-order valence-electron chi connectivity index (χ0n) is 8.45. The molecular formula is C9H17N3O2. The van der Waals surface area contributed by atoms with Crippen LogP contribution in [0, 0.1) is 0 Å². The number of carbonyl (C=O) groups excluding carboxylic acids is 2. The van der Waals surface area contributed by atoms with Gasteiger partial charge in [0.2, 0.25) is 11.8 Å². The highest BCUT2D eigenvalue weighted by molar-refractivity contribution is 5.87. The summed E-state index contributed by atoms with van der Waals surface area (Å²) < 4.78 is 0. The number of rotatable bonds is 3. The lowest BCUT2D eigenvalue weighted by Crippen LogP contribution is -2.51. The smallest absolute Gasteiger partial charge is 0.239 e. The summed E-state index contributed by atoms with van der Waals surface area (Å²) in [6, 6.07) is -0.418. The van der Waals surface area contributed by atoms with Crippen LogP contribution in [0.5, 0.6) is 0 Å². The molecule has 0 aromatic heterocycles. The minimum absolute atomic E-state index is 0.109. The standard InChI is InChI=1S/C9H17N3O2/c1-2-11-8(13)6-12-5-3-4-7(10)9(12)14/h7H,2-6,10H2,1H3,(H,11,13)/t7-/m0/s1. The summed E-state index contributed by atoms with van der Waals surface area (Å²) in [6.07, 6.45) is 1.61. The molecule has 0 aromatic carbocycles. The first-order chi connectivity index (χ1) is 6.65. The Balaban J connectivity index is 2.43. The van der Waals surface area contributed by atoms with Crippen LogP contribution in [-0.2, 0) is 9.59 Å². The van der Waals surface area contributed by atoms with E-state index in [9.17, 15) is 9.59 Å². The Labute approximate surface area is 83.6 Å². The average Bonchev–Trinajstić information content (AvgIpc) is 2.13. The molecule has 1 fully saturated rings. The molecule has 0 aliphatic carbocycles. The van der Waals surface area contributed by atoms with Crippen molar-refractivity contribution in [2.24, 2.45) is 5.73 Å². The Kier molecular flexibility index (Phi) is 3.88. The molecule has 1 aliphatic heterocycles. The lowest BCUT2D eigenvalue weighted by atomic mass is 10.1. The predicted molar refractivity (Wildman–Crippen MR) is 52.5 cm³/mol. The Hall–Kier alpha value is -1.10. The van der Waals surface area contributed by atoms with Gasteiger partial charge in [-0.2, -0.15) is 0 Å². The molecular weight excluding hydrogens is 182 g/mol. The fourth-order valence-electron chi connectivity index (χ4n) is 1.55. The first-order valence-corrected chi connectivity index (χ1v) is 4.96. The van der Waals surface area contributed by atoms with Gasteiger partial charge in [0.25, 0.3) is 0 Å². The topological polar surface area (TPSA) is 75.4 Å². The normalized spacial score (nSPS) is 22.3. The number of likely N-dealkylation sites (N-methyl/N-ethyl adjacent to an activating group) is 1. The van der Waals surface area contributed by atoms with E-state index in [0.29, 0.717) is 13.1 Å². The van der Waals surface area contributed by atoms with Crippen molar-refractivity contribution in [2.75, 3.05) is 19.6 Å². The number of hydrogen-bond acceptors (Lipinski definition) is 3. The maximum atomic E-state index is 11.5. The van der Waals surface area contributed by atoms with Crippen LogP contribution >= 0.6 is 0 Å². The van der Waals surface area contributed by atoms with Crippen LogP contribution in [0.25, 0.3) is 0 Å². The van der Waals surface area contributed by atoms with E-state index >= 15 is 0 Å². The van der Waals surface area contributed by atoms with Crippen LogP contribution in [0.4, 0.5) is 0 Å². The first-order valence-electron chi connectivity index (χ1n) is 4.96. The van der Waals surface area contributed by atoms with E-state index in [0.717, 1.165) is 12.8 Å². The molecule has 1 rings (SSSR count). The number of nitrogens with zero attached hydrogens (tertiary/aromatic N) is 1. The molecule has 5 nitrogen and oxygen atoms in total. The first kappa shape index (κ1) is 11.0. The van der Waals surface area contributed by atoms with Gasteiger partial charge in [0, 0.05) is 13.1 Å². The second-order valence-corrected chi connectivity index (χ2v) is 3.46. The number of piperidine rings is 1. The van der Waals surface area contributed by atoms with E-state index in [-0.39, 0.29) is 18.4 Å². The third-order valence-electron chi connectivity index (χ3n) is 2.28. The molecule has 0 aromatic rings.